The van der Waals surface area contributed by atoms with Gasteiger partial charge in [0.1, 0.15) is 17.9 Å². The van der Waals surface area contributed by atoms with Crippen LogP contribution >= 0.6 is 11.6 Å². The highest BCUT2D eigenvalue weighted by molar-refractivity contribution is 6.30. The van der Waals surface area contributed by atoms with Crippen molar-refractivity contribution >= 4 is 23.6 Å². The number of amides is 2. The average molecular weight is 381 g/mol. The monoisotopic (exact) mass is 380 g/mol. The number of hydrogen-bond donors (Lipinski definition) is 2. The molecule has 26 heavy (non-hydrogen) atoms. The smallest absolute Gasteiger partial charge is 0.328 e. The fourth-order valence-corrected chi connectivity index (χ4v) is 3.22. The van der Waals surface area contributed by atoms with E-state index in [1.54, 1.807) is 0 Å². The number of carbonyl (C=O) groups is 2. The number of nitrogens with zero attached hydrogens (tertiary/aromatic N) is 2. The van der Waals surface area contributed by atoms with Gasteiger partial charge in [0.2, 0.25) is 0 Å². The molecule has 0 fully saturated rings. The molecule has 2 atom stereocenters. The van der Waals surface area contributed by atoms with Gasteiger partial charge >= 0.3 is 12.0 Å². The van der Waals surface area contributed by atoms with Gasteiger partial charge < -0.3 is 19.9 Å². The van der Waals surface area contributed by atoms with Crippen molar-refractivity contribution in [1.29, 1.82) is 0 Å². The maximum atomic E-state index is 14.5. The third-order valence-electron chi connectivity index (χ3n) is 4.33. The minimum atomic E-state index is -0.835. The molecule has 0 spiro atoms. The van der Waals surface area contributed by atoms with Gasteiger partial charge in [-0.15, -0.1) is 0 Å². The van der Waals surface area contributed by atoms with Crippen LogP contribution in [0.5, 0.6) is 0 Å². The summed E-state index contributed by atoms with van der Waals surface area (Å²) in [5.74, 6) is -1.06. The van der Waals surface area contributed by atoms with Crippen molar-refractivity contribution in [3.8, 4) is 0 Å². The minimum Gasteiger partial charge on any atom is -0.467 e. The molecule has 1 aromatic carbocycles. The van der Waals surface area contributed by atoms with Crippen molar-refractivity contribution in [2.75, 3.05) is 13.7 Å². The number of aromatic nitrogens is 2. The lowest BCUT2D eigenvalue weighted by Gasteiger charge is -2.35. The third-order valence-corrected chi connectivity index (χ3v) is 4.57. The second-order valence-electron chi connectivity index (χ2n) is 5.97. The SMILES string of the molecule is COC(=O)[C@H](C)NC(=O)N1CCc2[nH]cnc2[C@H]1c1cc(Cl)ccc1F. The van der Waals surface area contributed by atoms with E-state index in [1.165, 1.54) is 43.5 Å². The van der Waals surface area contributed by atoms with Gasteiger partial charge in [0.05, 0.1) is 19.1 Å². The van der Waals surface area contributed by atoms with E-state index in [1.807, 2.05) is 0 Å². The summed E-state index contributed by atoms with van der Waals surface area (Å²) in [6, 6.07) is 2.08. The van der Waals surface area contributed by atoms with E-state index in [9.17, 15) is 14.0 Å². The molecule has 7 nitrogen and oxygen atoms in total. The molecule has 0 saturated carbocycles. The fraction of sp³-hybridized carbons (Fsp3) is 0.353. The number of esters is 1. The number of hydrogen-bond acceptors (Lipinski definition) is 4. The first-order valence-electron chi connectivity index (χ1n) is 8.04. The Labute approximate surface area is 154 Å². The molecule has 1 aliphatic heterocycles. The second kappa shape index (κ2) is 7.33. The van der Waals surface area contributed by atoms with Crippen molar-refractivity contribution in [3.05, 3.63) is 52.3 Å². The zero-order valence-electron chi connectivity index (χ0n) is 14.3. The lowest BCUT2D eigenvalue weighted by Crippen LogP contribution is -2.50. The quantitative estimate of drug-likeness (QED) is 0.800. The van der Waals surface area contributed by atoms with E-state index in [0.29, 0.717) is 23.7 Å². The van der Waals surface area contributed by atoms with Crippen molar-refractivity contribution < 1.29 is 18.7 Å². The highest BCUT2D eigenvalue weighted by Gasteiger charge is 2.36. The first-order chi connectivity index (χ1) is 12.4. The van der Waals surface area contributed by atoms with Gasteiger partial charge in [0.25, 0.3) is 0 Å². The molecular formula is C17H18ClFN4O3. The zero-order chi connectivity index (χ0) is 18.8. The van der Waals surface area contributed by atoms with Gasteiger partial charge in [0, 0.05) is 29.2 Å². The molecule has 2 N–H and O–H groups in total. The Bertz CT molecular complexity index is 841. The van der Waals surface area contributed by atoms with Gasteiger partial charge in [-0.05, 0) is 25.1 Å². The molecule has 2 amide bonds. The number of imidazole rings is 1. The maximum absolute atomic E-state index is 14.5. The molecule has 2 heterocycles. The summed E-state index contributed by atoms with van der Waals surface area (Å²) in [5.41, 5.74) is 1.63. The molecule has 0 aliphatic carbocycles. The third kappa shape index (κ3) is 3.37. The van der Waals surface area contributed by atoms with Crippen LogP contribution in [0.2, 0.25) is 5.02 Å². The van der Waals surface area contributed by atoms with Gasteiger partial charge in [-0.25, -0.2) is 19.0 Å². The van der Waals surface area contributed by atoms with E-state index in [-0.39, 0.29) is 5.56 Å². The van der Waals surface area contributed by atoms with Crippen molar-refractivity contribution in [1.82, 2.24) is 20.2 Å². The Morgan fingerprint density at radius 1 is 1.50 bits per heavy atom. The molecule has 2 aromatic rings. The number of aromatic amines is 1. The van der Waals surface area contributed by atoms with E-state index in [4.69, 9.17) is 11.6 Å². The van der Waals surface area contributed by atoms with Crippen LogP contribution in [0.1, 0.15) is 29.9 Å². The Kier molecular flexibility index (Phi) is 5.13. The Hall–Kier alpha value is -2.61. The van der Waals surface area contributed by atoms with Crippen LogP contribution in [-0.4, -0.2) is 46.6 Å². The van der Waals surface area contributed by atoms with E-state index in [0.717, 1.165) is 5.69 Å². The number of urea groups is 1. The molecule has 1 aromatic heterocycles. The standard InChI is InChI=1S/C17H18ClFN4O3/c1-9(16(24)26-2)22-17(25)23-6-5-13-14(21-8-20-13)15(23)11-7-10(18)3-4-12(11)19/h3-4,7-9,15H,5-6H2,1-2H3,(H,20,21)(H,22,25)/t9-,15+/m0/s1. The lowest BCUT2D eigenvalue weighted by molar-refractivity contribution is -0.142. The van der Waals surface area contributed by atoms with Crippen LogP contribution in [0.4, 0.5) is 9.18 Å². The minimum absolute atomic E-state index is 0.242. The van der Waals surface area contributed by atoms with Crippen LogP contribution in [-0.2, 0) is 16.0 Å². The number of fused-ring (bicyclic) bond motifs is 1. The molecule has 3 rings (SSSR count). The summed E-state index contributed by atoms with van der Waals surface area (Å²) in [4.78, 5) is 33.1. The maximum Gasteiger partial charge on any atom is 0.328 e. The molecule has 9 heteroatoms. The summed E-state index contributed by atoms with van der Waals surface area (Å²) in [6.07, 6.45) is 2.05. The number of methoxy groups -OCH3 is 1. The van der Waals surface area contributed by atoms with Crippen LogP contribution in [0.25, 0.3) is 0 Å². The normalized spacial score (nSPS) is 17.4. The largest absolute Gasteiger partial charge is 0.467 e. The number of halogens is 2. The first-order valence-corrected chi connectivity index (χ1v) is 8.42. The van der Waals surface area contributed by atoms with Crippen molar-refractivity contribution in [3.63, 3.8) is 0 Å². The van der Waals surface area contributed by atoms with Crippen molar-refractivity contribution in [2.45, 2.75) is 25.4 Å². The molecular weight excluding hydrogens is 363 g/mol. The predicted octanol–water partition coefficient (Wildman–Crippen LogP) is 2.42. The first kappa shape index (κ1) is 18.2. The van der Waals surface area contributed by atoms with Crippen molar-refractivity contribution in [2.24, 2.45) is 0 Å². The molecule has 1 aliphatic rings. The van der Waals surface area contributed by atoms with Crippen LogP contribution in [0, 0.1) is 5.82 Å². The summed E-state index contributed by atoms with van der Waals surface area (Å²) in [6.45, 7) is 1.84. The van der Waals surface area contributed by atoms with Crippen LogP contribution < -0.4 is 5.32 Å². The summed E-state index contributed by atoms with van der Waals surface area (Å²) < 4.78 is 19.1. The Morgan fingerprint density at radius 2 is 2.27 bits per heavy atom. The summed E-state index contributed by atoms with van der Waals surface area (Å²) in [5, 5.41) is 2.93. The number of carbonyl (C=O) groups excluding carboxylic acids is 2. The Balaban J connectivity index is 1.97. The lowest BCUT2D eigenvalue weighted by atomic mass is 9.95. The van der Waals surface area contributed by atoms with Crippen LogP contribution in [0.3, 0.4) is 0 Å². The highest BCUT2D eigenvalue weighted by atomic mass is 35.5. The van der Waals surface area contributed by atoms with Crippen LogP contribution in [0.15, 0.2) is 24.5 Å². The van der Waals surface area contributed by atoms with Gasteiger partial charge in [-0.1, -0.05) is 11.6 Å². The molecule has 0 bridgehead atoms. The summed E-state index contributed by atoms with van der Waals surface area (Å²) >= 11 is 6.03. The second-order valence-corrected chi connectivity index (χ2v) is 6.41. The predicted molar refractivity (Wildman–Crippen MR) is 92.3 cm³/mol. The number of ether oxygens (including phenoxy) is 1. The average Bonchev–Trinajstić information content (AvgIpc) is 3.10. The molecule has 0 radical (unpaired) electrons. The summed E-state index contributed by atoms with van der Waals surface area (Å²) in [7, 11) is 1.24. The van der Waals surface area contributed by atoms with E-state index >= 15 is 0 Å². The zero-order valence-corrected chi connectivity index (χ0v) is 15.0. The molecule has 0 saturated heterocycles. The Morgan fingerprint density at radius 3 is 3.00 bits per heavy atom. The highest BCUT2D eigenvalue weighted by Crippen LogP contribution is 2.35. The molecule has 138 valence electrons. The van der Waals surface area contributed by atoms with Gasteiger partial charge in [0.15, 0.2) is 0 Å². The number of H-pyrrole nitrogens is 1. The fourth-order valence-electron chi connectivity index (χ4n) is 3.04. The van der Waals surface area contributed by atoms with E-state index in [2.05, 4.69) is 20.0 Å². The van der Waals surface area contributed by atoms with Gasteiger partial charge in [-0.3, -0.25) is 0 Å². The number of nitrogens with one attached hydrogen (secondary N) is 2. The molecule has 0 unspecified atom stereocenters. The number of benzene rings is 1. The van der Waals surface area contributed by atoms with Gasteiger partial charge in [-0.2, -0.15) is 0 Å². The number of rotatable bonds is 3. The van der Waals surface area contributed by atoms with E-state index < -0.39 is 29.9 Å². The topological polar surface area (TPSA) is 87.3 Å².